The lowest BCUT2D eigenvalue weighted by molar-refractivity contribution is -0.129. The number of hydrogen-bond donors (Lipinski definition) is 1. The molecule has 2 aromatic rings. The molecule has 8 heteroatoms. The minimum absolute atomic E-state index is 0.119. The molecule has 0 radical (unpaired) electrons. The van der Waals surface area contributed by atoms with E-state index in [1.54, 1.807) is 11.8 Å². The minimum atomic E-state index is -0.683. The number of nitrogens with zero attached hydrogens (tertiary/aromatic N) is 3. The number of ketones is 1. The van der Waals surface area contributed by atoms with Crippen molar-refractivity contribution in [3.8, 4) is 5.75 Å². The summed E-state index contributed by atoms with van der Waals surface area (Å²) in [5.74, 6) is -0.104. The number of ether oxygens (including phenoxy) is 1. The lowest BCUT2D eigenvalue weighted by Gasteiger charge is -2.28. The van der Waals surface area contributed by atoms with Crippen LogP contribution < -0.4 is 4.74 Å². The van der Waals surface area contributed by atoms with E-state index in [9.17, 15) is 14.7 Å². The SMILES string of the molecule is CCN(CC)CCCN1C(=O)C(O)=C(C(=O)c2sc(C)nc2C)C1c1cccc(OCCC(C)C)c1. The van der Waals surface area contributed by atoms with Gasteiger partial charge in [-0.2, -0.15) is 0 Å². The molecule has 1 aromatic carbocycles. The number of amides is 1. The molecule has 1 aliphatic heterocycles. The lowest BCUT2D eigenvalue weighted by atomic mass is 9.94. The van der Waals surface area contributed by atoms with Gasteiger partial charge in [0.25, 0.3) is 5.91 Å². The Kier molecular flexibility index (Phi) is 9.68. The fraction of sp³-hybridized carbons (Fsp3) is 0.536. The van der Waals surface area contributed by atoms with E-state index < -0.39 is 17.7 Å². The van der Waals surface area contributed by atoms with Crippen LogP contribution in [-0.2, 0) is 4.79 Å². The van der Waals surface area contributed by atoms with E-state index in [1.807, 2.05) is 31.2 Å². The van der Waals surface area contributed by atoms with Crippen molar-refractivity contribution in [1.82, 2.24) is 14.8 Å². The van der Waals surface area contributed by atoms with E-state index in [2.05, 4.69) is 37.6 Å². The molecule has 1 unspecified atom stereocenters. The number of carbonyl (C=O) groups excluding carboxylic acids is 2. The molecule has 0 aliphatic carbocycles. The Balaban J connectivity index is 1.96. The molecule has 1 amide bonds. The molecule has 1 N–H and O–H groups in total. The topological polar surface area (TPSA) is 83.0 Å². The van der Waals surface area contributed by atoms with Crippen molar-refractivity contribution in [2.75, 3.05) is 32.8 Å². The normalized spacial score (nSPS) is 16.1. The Hall–Kier alpha value is -2.71. The van der Waals surface area contributed by atoms with Crippen LogP contribution in [0.3, 0.4) is 0 Å². The Morgan fingerprint density at radius 2 is 1.97 bits per heavy atom. The van der Waals surface area contributed by atoms with Crippen LogP contribution in [0.25, 0.3) is 0 Å². The number of carbonyl (C=O) groups is 2. The fourth-order valence-corrected chi connectivity index (χ4v) is 5.39. The molecule has 0 fully saturated rings. The Morgan fingerprint density at radius 1 is 1.25 bits per heavy atom. The largest absolute Gasteiger partial charge is 0.503 e. The standard InChI is InChI=1S/C28H39N3O4S/c1-7-30(8-2)14-10-15-31-24(21-11-9-12-22(17-21)35-16-13-18(3)4)23(26(33)28(31)34)25(32)27-19(5)29-20(6)36-27/h9,11-12,17-18,24,33H,7-8,10,13-16H2,1-6H3. The first kappa shape index (κ1) is 27.9. The number of benzene rings is 1. The van der Waals surface area contributed by atoms with E-state index >= 15 is 0 Å². The molecule has 1 atom stereocenters. The van der Waals surface area contributed by atoms with E-state index in [0.29, 0.717) is 35.4 Å². The second kappa shape index (κ2) is 12.5. The zero-order chi connectivity index (χ0) is 26.4. The van der Waals surface area contributed by atoms with Crippen molar-refractivity contribution in [2.24, 2.45) is 5.92 Å². The first-order valence-corrected chi connectivity index (χ1v) is 13.7. The second-order valence-corrected chi connectivity index (χ2v) is 10.8. The van der Waals surface area contributed by atoms with Crippen LogP contribution in [0.1, 0.15) is 72.5 Å². The number of aromatic nitrogens is 1. The third kappa shape index (κ3) is 6.34. The van der Waals surface area contributed by atoms with Crippen molar-refractivity contribution < 1.29 is 19.4 Å². The van der Waals surface area contributed by atoms with Gasteiger partial charge in [0.1, 0.15) is 5.75 Å². The van der Waals surface area contributed by atoms with E-state index in [4.69, 9.17) is 4.74 Å². The van der Waals surface area contributed by atoms with Gasteiger partial charge in [0.05, 0.1) is 33.8 Å². The summed E-state index contributed by atoms with van der Waals surface area (Å²) in [6.07, 6.45) is 1.67. The van der Waals surface area contributed by atoms with Gasteiger partial charge >= 0.3 is 0 Å². The Morgan fingerprint density at radius 3 is 2.58 bits per heavy atom. The van der Waals surface area contributed by atoms with Gasteiger partial charge in [0.2, 0.25) is 5.78 Å². The smallest absolute Gasteiger partial charge is 0.290 e. The molecule has 1 aliphatic rings. The minimum Gasteiger partial charge on any atom is -0.503 e. The third-order valence-corrected chi connectivity index (χ3v) is 7.64. The maximum absolute atomic E-state index is 13.7. The third-order valence-electron chi connectivity index (χ3n) is 6.56. The predicted molar refractivity (Wildman–Crippen MR) is 144 cm³/mol. The molecule has 0 saturated carbocycles. The summed E-state index contributed by atoms with van der Waals surface area (Å²) < 4.78 is 5.97. The summed E-state index contributed by atoms with van der Waals surface area (Å²) in [7, 11) is 0. The molecule has 36 heavy (non-hydrogen) atoms. The van der Waals surface area contributed by atoms with Crippen LogP contribution >= 0.6 is 11.3 Å². The van der Waals surface area contributed by atoms with Crippen molar-refractivity contribution in [2.45, 2.75) is 60.4 Å². The van der Waals surface area contributed by atoms with Crippen LogP contribution in [0.5, 0.6) is 5.75 Å². The molecular formula is C28H39N3O4S. The van der Waals surface area contributed by atoms with Crippen molar-refractivity contribution >= 4 is 23.0 Å². The molecule has 7 nitrogen and oxygen atoms in total. The molecule has 1 aromatic heterocycles. The molecular weight excluding hydrogens is 474 g/mol. The van der Waals surface area contributed by atoms with E-state index in [0.717, 1.165) is 43.0 Å². The highest BCUT2D eigenvalue weighted by atomic mass is 32.1. The lowest BCUT2D eigenvalue weighted by Crippen LogP contribution is -2.34. The van der Waals surface area contributed by atoms with Gasteiger partial charge in [0, 0.05) is 6.54 Å². The summed E-state index contributed by atoms with van der Waals surface area (Å²) in [6, 6.07) is 6.84. The first-order valence-electron chi connectivity index (χ1n) is 12.9. The average molecular weight is 514 g/mol. The summed E-state index contributed by atoms with van der Waals surface area (Å²) in [4.78, 5) is 35.8. The molecule has 0 spiro atoms. The zero-order valence-corrected chi connectivity index (χ0v) is 23.2. The number of aliphatic hydroxyl groups excluding tert-OH is 1. The Labute approximate surface area is 218 Å². The highest BCUT2D eigenvalue weighted by Gasteiger charge is 2.44. The monoisotopic (exact) mass is 513 g/mol. The van der Waals surface area contributed by atoms with Gasteiger partial charge in [-0.1, -0.05) is 39.8 Å². The molecule has 196 valence electrons. The fourth-order valence-electron chi connectivity index (χ4n) is 4.52. The molecule has 0 bridgehead atoms. The van der Waals surface area contributed by atoms with E-state index in [1.165, 1.54) is 11.3 Å². The molecule has 3 rings (SSSR count). The van der Waals surface area contributed by atoms with Crippen LogP contribution in [0.2, 0.25) is 0 Å². The Bertz CT molecular complexity index is 1100. The average Bonchev–Trinajstić information content (AvgIpc) is 3.31. The van der Waals surface area contributed by atoms with Gasteiger partial charge in [-0.15, -0.1) is 11.3 Å². The van der Waals surface area contributed by atoms with E-state index in [-0.39, 0.29) is 11.4 Å². The number of hydrogen-bond acceptors (Lipinski definition) is 7. The van der Waals surface area contributed by atoms with Gasteiger partial charge in [-0.25, -0.2) is 4.98 Å². The van der Waals surface area contributed by atoms with Crippen LogP contribution in [0, 0.1) is 19.8 Å². The van der Waals surface area contributed by atoms with Gasteiger partial charge in [0.15, 0.2) is 5.76 Å². The number of thiazole rings is 1. The maximum Gasteiger partial charge on any atom is 0.290 e. The molecule has 0 saturated heterocycles. The van der Waals surface area contributed by atoms with Crippen molar-refractivity contribution in [3.63, 3.8) is 0 Å². The highest BCUT2D eigenvalue weighted by Crippen LogP contribution is 2.41. The summed E-state index contributed by atoms with van der Waals surface area (Å²) in [5, 5.41) is 11.7. The summed E-state index contributed by atoms with van der Waals surface area (Å²) in [5.41, 5.74) is 1.48. The summed E-state index contributed by atoms with van der Waals surface area (Å²) >= 11 is 1.29. The van der Waals surface area contributed by atoms with Gasteiger partial charge in [-0.3, -0.25) is 9.59 Å². The number of rotatable bonds is 13. The quantitative estimate of drug-likeness (QED) is 0.356. The molecule has 2 heterocycles. The van der Waals surface area contributed by atoms with Gasteiger partial charge in [-0.05, 0) is 69.9 Å². The van der Waals surface area contributed by atoms with Crippen LogP contribution in [0.15, 0.2) is 35.6 Å². The zero-order valence-electron chi connectivity index (χ0n) is 22.3. The van der Waals surface area contributed by atoms with Gasteiger partial charge < -0.3 is 19.6 Å². The van der Waals surface area contributed by atoms with Crippen LogP contribution in [0.4, 0.5) is 0 Å². The number of aliphatic hydroxyl groups is 1. The first-order chi connectivity index (χ1) is 17.2. The number of Topliss-reactive ketones (excluding diaryl/α,β-unsaturated/α-hetero) is 1. The number of aryl methyl sites for hydroxylation is 2. The second-order valence-electron chi connectivity index (χ2n) is 9.62. The maximum atomic E-state index is 13.7. The summed E-state index contributed by atoms with van der Waals surface area (Å²) in [6.45, 7) is 15.9. The van der Waals surface area contributed by atoms with Crippen molar-refractivity contribution in [3.05, 3.63) is 56.7 Å². The predicted octanol–water partition coefficient (Wildman–Crippen LogP) is 5.50. The van der Waals surface area contributed by atoms with Crippen molar-refractivity contribution in [1.29, 1.82) is 0 Å². The highest BCUT2D eigenvalue weighted by molar-refractivity contribution is 7.14. The van der Waals surface area contributed by atoms with Crippen LogP contribution in [-0.4, -0.2) is 64.4 Å².